The van der Waals surface area contributed by atoms with E-state index in [2.05, 4.69) is 10.3 Å². The number of allylic oxidation sites excluding steroid dienone is 1. The van der Waals surface area contributed by atoms with E-state index < -0.39 is 5.91 Å². The van der Waals surface area contributed by atoms with Crippen LogP contribution >= 0.6 is 12.2 Å². The molecule has 1 amide bonds. The largest absolute Gasteiger partial charge is 0.512 e. The first-order valence-corrected chi connectivity index (χ1v) is 6.25. The van der Waals surface area contributed by atoms with Crippen molar-refractivity contribution in [2.45, 2.75) is 13.8 Å². The van der Waals surface area contributed by atoms with Gasteiger partial charge in [0.2, 0.25) is 0 Å². The summed E-state index contributed by atoms with van der Waals surface area (Å²) in [7, 11) is 1.51. The van der Waals surface area contributed by atoms with E-state index in [1.807, 2.05) is 0 Å². The number of aliphatic hydroxyl groups is 1. The van der Waals surface area contributed by atoms with Gasteiger partial charge in [-0.1, -0.05) is 24.4 Å². The van der Waals surface area contributed by atoms with Crippen molar-refractivity contribution in [3.8, 4) is 5.75 Å². The summed E-state index contributed by atoms with van der Waals surface area (Å²) in [5, 5.41) is 12.2. The number of hydrogen-bond donors (Lipinski definition) is 2. The molecule has 0 aliphatic heterocycles. The van der Waals surface area contributed by atoms with E-state index in [4.69, 9.17) is 17.0 Å². The predicted molar refractivity (Wildman–Crippen MR) is 83.7 cm³/mol. The van der Waals surface area contributed by atoms with Crippen LogP contribution in [0, 0.1) is 0 Å². The number of rotatable bonds is 4. The number of aliphatic hydroxyl groups excluding tert-OH is 1. The highest BCUT2D eigenvalue weighted by Crippen LogP contribution is 2.23. The molecule has 0 fully saturated rings. The van der Waals surface area contributed by atoms with E-state index in [1.165, 1.54) is 20.2 Å². The van der Waals surface area contributed by atoms with Crippen LogP contribution in [0.15, 0.2) is 40.6 Å². The third kappa shape index (κ3) is 4.47. The Morgan fingerprint density at radius 2 is 2.05 bits per heavy atom. The maximum absolute atomic E-state index is 12.1. The molecule has 0 unspecified atom stereocenters. The summed E-state index contributed by atoms with van der Waals surface area (Å²) in [6.45, 7) is 3.02. The van der Waals surface area contributed by atoms with Gasteiger partial charge in [0.05, 0.1) is 23.4 Å². The highest BCUT2D eigenvalue weighted by Gasteiger charge is 2.13. The summed E-state index contributed by atoms with van der Waals surface area (Å²) < 4.78 is 5.14. The fourth-order valence-corrected chi connectivity index (χ4v) is 1.46. The minimum atomic E-state index is -0.491. The summed E-state index contributed by atoms with van der Waals surface area (Å²) in [6.07, 6.45) is 1.24. The first-order chi connectivity index (χ1) is 9.45. The van der Waals surface area contributed by atoms with Crippen molar-refractivity contribution < 1.29 is 14.6 Å². The Morgan fingerprint density at radius 1 is 1.40 bits per heavy atom. The number of anilines is 1. The van der Waals surface area contributed by atoms with Crippen LogP contribution in [-0.2, 0) is 4.79 Å². The van der Waals surface area contributed by atoms with Gasteiger partial charge in [-0.25, -0.2) is 4.99 Å². The zero-order valence-corrected chi connectivity index (χ0v) is 12.3. The number of para-hydroxylation sites is 2. The Morgan fingerprint density at radius 3 is 2.60 bits per heavy atom. The molecule has 0 radical (unpaired) electrons. The van der Waals surface area contributed by atoms with Crippen molar-refractivity contribution in [1.29, 1.82) is 0 Å². The lowest BCUT2D eigenvalue weighted by atomic mass is 10.2. The number of aliphatic imine (C=N–C) groups is 1. The molecule has 20 heavy (non-hydrogen) atoms. The summed E-state index contributed by atoms with van der Waals surface area (Å²) >= 11 is 4.80. The van der Waals surface area contributed by atoms with Gasteiger partial charge in [-0.3, -0.25) is 4.79 Å². The normalized spacial score (nSPS) is 11.9. The Balaban J connectivity index is 2.98. The molecule has 0 aliphatic rings. The average Bonchev–Trinajstić information content (AvgIpc) is 2.38. The fraction of sp³-hybridized carbons (Fsp3) is 0.214. The Kier molecular flexibility index (Phi) is 5.86. The van der Waals surface area contributed by atoms with Gasteiger partial charge in [0.25, 0.3) is 5.91 Å². The van der Waals surface area contributed by atoms with E-state index in [1.54, 1.807) is 31.2 Å². The van der Waals surface area contributed by atoms with Crippen LogP contribution in [-0.4, -0.2) is 29.3 Å². The quantitative estimate of drug-likeness (QED) is 0.387. The van der Waals surface area contributed by atoms with Gasteiger partial charge < -0.3 is 15.2 Å². The monoisotopic (exact) mass is 292 g/mol. The third-order valence-corrected chi connectivity index (χ3v) is 2.47. The molecule has 0 aromatic heterocycles. The van der Waals surface area contributed by atoms with Crippen molar-refractivity contribution in [2.24, 2.45) is 4.99 Å². The lowest BCUT2D eigenvalue weighted by Crippen LogP contribution is -2.17. The van der Waals surface area contributed by atoms with Gasteiger partial charge in [-0.15, -0.1) is 0 Å². The maximum Gasteiger partial charge on any atom is 0.260 e. The number of thiocarbonyl (C=S) groups is 1. The number of nitrogens with one attached hydrogen (secondary N) is 1. The van der Waals surface area contributed by atoms with Gasteiger partial charge in [0, 0.05) is 6.21 Å². The van der Waals surface area contributed by atoms with Crippen LogP contribution in [0.5, 0.6) is 5.75 Å². The first kappa shape index (κ1) is 15.8. The fourth-order valence-electron chi connectivity index (χ4n) is 1.41. The van der Waals surface area contributed by atoms with E-state index in [-0.39, 0.29) is 11.3 Å². The molecule has 0 bridgehead atoms. The molecular weight excluding hydrogens is 276 g/mol. The van der Waals surface area contributed by atoms with Crippen molar-refractivity contribution in [1.82, 2.24) is 0 Å². The third-order valence-electron chi connectivity index (χ3n) is 2.37. The van der Waals surface area contributed by atoms with E-state index >= 15 is 0 Å². The zero-order valence-electron chi connectivity index (χ0n) is 11.5. The number of methoxy groups -OCH3 is 1. The van der Waals surface area contributed by atoms with Gasteiger partial charge >= 0.3 is 0 Å². The minimum absolute atomic E-state index is 0.0418. The van der Waals surface area contributed by atoms with Gasteiger partial charge in [-0.05, 0) is 26.0 Å². The topological polar surface area (TPSA) is 70.9 Å². The molecule has 1 rings (SSSR count). The Hall–Kier alpha value is -2.21. The molecule has 1 aromatic carbocycles. The zero-order chi connectivity index (χ0) is 15.1. The maximum atomic E-state index is 12.1. The smallest absolute Gasteiger partial charge is 0.260 e. The van der Waals surface area contributed by atoms with Crippen molar-refractivity contribution in [3.05, 3.63) is 35.6 Å². The van der Waals surface area contributed by atoms with Crippen LogP contribution < -0.4 is 10.1 Å². The van der Waals surface area contributed by atoms with Crippen molar-refractivity contribution >= 4 is 35.0 Å². The summed E-state index contributed by atoms with van der Waals surface area (Å²) in [5.74, 6) is -0.106. The summed E-state index contributed by atoms with van der Waals surface area (Å²) in [4.78, 5) is 16.3. The van der Waals surface area contributed by atoms with Crippen molar-refractivity contribution in [2.75, 3.05) is 12.4 Å². The van der Waals surface area contributed by atoms with Crippen LogP contribution in [0.4, 0.5) is 5.69 Å². The number of ether oxygens (including phenoxy) is 1. The molecule has 5 nitrogen and oxygen atoms in total. The second-order valence-corrected chi connectivity index (χ2v) is 4.52. The molecular formula is C14H16N2O3S. The number of carbonyl (C=O) groups excluding carboxylic acids is 1. The minimum Gasteiger partial charge on any atom is -0.512 e. The number of carbonyl (C=O) groups is 1. The van der Waals surface area contributed by atoms with E-state index in [0.717, 1.165) is 0 Å². The molecule has 0 saturated heterocycles. The highest BCUT2D eigenvalue weighted by atomic mass is 32.1. The summed E-state index contributed by atoms with van der Waals surface area (Å²) in [6, 6.07) is 6.98. The summed E-state index contributed by atoms with van der Waals surface area (Å²) in [5.41, 5.74) is 0.548. The van der Waals surface area contributed by atoms with Gasteiger partial charge in [0.15, 0.2) is 0 Å². The van der Waals surface area contributed by atoms with Crippen LogP contribution in [0.1, 0.15) is 13.8 Å². The van der Waals surface area contributed by atoms with Crippen molar-refractivity contribution in [3.63, 3.8) is 0 Å². The number of amides is 1. The molecule has 0 atom stereocenters. The number of benzene rings is 1. The SMILES string of the molecule is COc1ccccc1NC(=O)/C(C=NC(C)=S)=C(\C)O. The molecule has 106 valence electrons. The molecule has 0 aliphatic carbocycles. The predicted octanol–water partition coefficient (Wildman–Crippen LogP) is 2.88. The molecule has 1 aromatic rings. The molecule has 0 heterocycles. The second kappa shape index (κ2) is 7.40. The first-order valence-electron chi connectivity index (χ1n) is 5.84. The molecule has 0 spiro atoms. The number of hydrogen-bond acceptors (Lipinski definition) is 4. The van der Waals surface area contributed by atoms with Gasteiger partial charge in [0.1, 0.15) is 11.5 Å². The standard InChI is InChI=1S/C14H16N2O3S/c1-9(17)11(8-15-10(2)20)14(18)16-12-6-4-5-7-13(12)19-3/h4-8,17H,1-3H3,(H,16,18)/b11-9+,15-8?. The van der Waals surface area contributed by atoms with Crippen LogP contribution in [0.2, 0.25) is 0 Å². The Bertz CT molecular complexity index is 576. The van der Waals surface area contributed by atoms with Gasteiger partial charge in [-0.2, -0.15) is 0 Å². The molecule has 6 heteroatoms. The van der Waals surface area contributed by atoms with Crippen LogP contribution in [0.3, 0.4) is 0 Å². The van der Waals surface area contributed by atoms with Crippen LogP contribution in [0.25, 0.3) is 0 Å². The average molecular weight is 292 g/mol. The molecule has 2 N–H and O–H groups in total. The van der Waals surface area contributed by atoms with E-state index in [0.29, 0.717) is 16.4 Å². The highest BCUT2D eigenvalue weighted by molar-refractivity contribution is 7.80. The Labute approximate surface area is 123 Å². The second-order valence-electron chi connectivity index (χ2n) is 3.93. The molecule has 0 saturated carbocycles. The lowest BCUT2D eigenvalue weighted by molar-refractivity contribution is -0.112. The van der Waals surface area contributed by atoms with E-state index in [9.17, 15) is 9.90 Å². The number of nitrogens with zero attached hydrogens (tertiary/aromatic N) is 1. The lowest BCUT2D eigenvalue weighted by Gasteiger charge is -2.10.